The third-order valence-electron chi connectivity index (χ3n) is 12.9. The summed E-state index contributed by atoms with van der Waals surface area (Å²) in [4.78, 5) is 35.6. The number of methoxy groups -OCH3 is 2. The van der Waals surface area contributed by atoms with Crippen LogP contribution in [0.4, 0.5) is 0 Å². The summed E-state index contributed by atoms with van der Waals surface area (Å²) in [5.74, 6) is 1.73. The van der Waals surface area contributed by atoms with Gasteiger partial charge in [0.15, 0.2) is 28.5 Å². The van der Waals surface area contributed by atoms with E-state index in [0.29, 0.717) is 59.1 Å². The first kappa shape index (κ1) is 45.5. The van der Waals surface area contributed by atoms with Gasteiger partial charge in [0.1, 0.15) is 24.3 Å². The normalized spacial score (nSPS) is 26.9. The zero-order chi connectivity index (χ0) is 41.7. The number of hydrogen-bond donors (Lipinski definition) is 6. The fourth-order valence-corrected chi connectivity index (χ4v) is 12.2. The predicted molar refractivity (Wildman–Crippen MR) is 227 cm³/mol. The Labute approximate surface area is 373 Å². The van der Waals surface area contributed by atoms with Gasteiger partial charge in [-0.05, 0) is 68.6 Å². The molecule has 1 spiro atoms. The second-order valence-electron chi connectivity index (χ2n) is 15.7. The molecule has 0 saturated carbocycles. The average molecular weight is 1080 g/mol. The van der Waals surface area contributed by atoms with E-state index in [0.717, 1.165) is 44.6 Å². The van der Waals surface area contributed by atoms with Crippen LogP contribution in [-0.2, 0) is 49.2 Å². The number of carbonyl (C=O) groups excluding carboxylic acids is 2. The van der Waals surface area contributed by atoms with Crippen molar-refractivity contribution in [2.24, 2.45) is 0 Å². The molecule has 16 nitrogen and oxygen atoms in total. The molecule has 61 heavy (non-hydrogen) atoms. The topological polar surface area (TPSA) is 234 Å². The average Bonchev–Trinajstić information content (AvgIpc) is 3.86. The minimum atomic E-state index is -1.28. The van der Waals surface area contributed by atoms with E-state index in [1.54, 1.807) is 14.2 Å². The number of fused-ring (bicyclic) bond motifs is 11. The summed E-state index contributed by atoms with van der Waals surface area (Å²) >= 11 is 1.05. The number of phenols is 1. The molecule has 0 amide bonds. The van der Waals surface area contributed by atoms with E-state index in [1.165, 1.54) is 18.7 Å². The van der Waals surface area contributed by atoms with Gasteiger partial charge in [-0.3, -0.25) is 19.9 Å². The molecule has 2 fully saturated rings. The van der Waals surface area contributed by atoms with Gasteiger partial charge in [-0.1, -0.05) is 6.07 Å². The Morgan fingerprint density at radius 2 is 1.79 bits per heavy atom. The molecule has 0 radical (unpaired) electrons. The van der Waals surface area contributed by atoms with Crippen molar-refractivity contribution in [2.45, 2.75) is 74.8 Å². The standard InChI is InChI=1S/C41H44N4O10S.2ClH.2H3N.Pt/c1-17-11-20-12-25-39(48)45-26-14-52-40(49)41(38-22(9-10-42-41)23-13-21(50-5)7-8-24(23)43-38)15-56-37(31(45)30(44(25)4)27(20)32(47)33(17)51-6)29-28(26)36-35(53-16-54-36)18(2)34(29)55-19(3)46;;;;;/h7-8,11,13,25-26,30-31,37,39,42-43,47-48H,9-10,12,14-16H2,1-6H3;2*1H;2*1H3;/q;;;;;+2/p-2/t25-,26-,30+,31+,37+,39-,41+;;;;;/m0...../s1. The molecule has 7 atom stereocenters. The molecule has 4 bridgehead atoms. The summed E-state index contributed by atoms with van der Waals surface area (Å²) in [6.45, 7) is 5.46. The number of benzene rings is 3. The van der Waals surface area contributed by atoms with Crippen LogP contribution >= 0.6 is 30.6 Å². The van der Waals surface area contributed by atoms with Crippen LogP contribution in [-0.4, -0.2) is 102 Å². The van der Waals surface area contributed by atoms with Crippen molar-refractivity contribution >= 4 is 53.4 Å². The monoisotopic (exact) mass is 1080 g/mol. The van der Waals surface area contributed by atoms with Gasteiger partial charge in [0.2, 0.25) is 6.79 Å². The van der Waals surface area contributed by atoms with E-state index in [4.69, 9.17) is 47.3 Å². The molecule has 7 aliphatic heterocycles. The number of carbonyl (C=O) groups is 2. The molecule has 2 saturated heterocycles. The van der Waals surface area contributed by atoms with Crippen molar-refractivity contribution in [3.63, 3.8) is 0 Å². The summed E-state index contributed by atoms with van der Waals surface area (Å²) in [6, 6.07) is 5.77. The molecule has 334 valence electrons. The molecule has 11 rings (SSSR count). The minimum absolute atomic E-state index is 0. The number of rotatable bonds is 3. The molecular weight excluding hydrogens is 1030 g/mol. The molecule has 7 aliphatic rings. The van der Waals surface area contributed by atoms with E-state index in [9.17, 15) is 19.8 Å². The first-order chi connectivity index (χ1) is 28.4. The van der Waals surface area contributed by atoms with Crippen LogP contribution in [0.3, 0.4) is 0 Å². The Balaban J connectivity index is 0.00000109. The molecular formula is C41H50Cl2N6O10PtS. The first-order valence-corrected chi connectivity index (χ1v) is 25.8. The van der Waals surface area contributed by atoms with Crippen molar-refractivity contribution in [2.75, 3.05) is 47.0 Å². The predicted octanol–water partition coefficient (Wildman–Crippen LogP) is 5.89. The van der Waals surface area contributed by atoms with Gasteiger partial charge >= 0.3 is 47.3 Å². The maximum absolute atomic E-state index is 14.9. The SMILES string of the molecule is COc1ccc2[nH]c3c(c2c1)CCN[C@]31CS[C@@H]2c3c(OC(C)=O)c(C)c4c(c3[C@H](COC1=O)N1[C@@H]2[C@H]2c3c(cc(C)c(OC)c3O)C[C@@H]([C@@H]1O)N2C)OCO4.N.N.[Cl][Pt][Cl]. The van der Waals surface area contributed by atoms with Gasteiger partial charge in [0.05, 0.1) is 43.3 Å². The quantitative estimate of drug-likeness (QED) is 0.104. The third kappa shape index (κ3) is 6.77. The van der Waals surface area contributed by atoms with Crippen molar-refractivity contribution in [3.05, 3.63) is 68.9 Å². The third-order valence-corrected chi connectivity index (χ3v) is 14.4. The second-order valence-corrected chi connectivity index (χ2v) is 20.1. The number of esters is 2. The number of piperazine rings is 1. The van der Waals surface area contributed by atoms with Gasteiger partial charge < -0.3 is 55.9 Å². The second kappa shape index (κ2) is 17.2. The number of H-pyrrole nitrogens is 1. The number of thioether (sulfide) groups is 1. The first-order valence-electron chi connectivity index (χ1n) is 19.2. The van der Waals surface area contributed by atoms with E-state index in [-0.39, 0.29) is 43.2 Å². The van der Waals surface area contributed by atoms with Crippen molar-refractivity contribution in [1.82, 2.24) is 32.4 Å². The fourth-order valence-electron chi connectivity index (χ4n) is 10.6. The number of likely N-dealkylation sites (N-methyl/N-ethyl adjacent to an activating group) is 1. The van der Waals surface area contributed by atoms with E-state index >= 15 is 0 Å². The van der Waals surface area contributed by atoms with Crippen LogP contribution in [0.15, 0.2) is 24.3 Å². The number of aromatic nitrogens is 1. The Kier molecular flexibility index (Phi) is 12.9. The van der Waals surface area contributed by atoms with Gasteiger partial charge in [-0.25, -0.2) is 4.79 Å². The van der Waals surface area contributed by atoms with Crippen molar-refractivity contribution < 1.29 is 64.7 Å². The number of aromatic hydroxyl groups is 1. The summed E-state index contributed by atoms with van der Waals surface area (Å²) < 4.78 is 36.2. The van der Waals surface area contributed by atoms with Gasteiger partial charge in [0, 0.05) is 58.4 Å². The van der Waals surface area contributed by atoms with Crippen LogP contribution in [0.1, 0.15) is 68.9 Å². The van der Waals surface area contributed by atoms with E-state index < -0.39 is 63.6 Å². The molecule has 10 N–H and O–H groups in total. The number of aromatic amines is 1. The van der Waals surface area contributed by atoms with Crippen molar-refractivity contribution in [1.29, 1.82) is 0 Å². The number of halogens is 2. The van der Waals surface area contributed by atoms with E-state index in [1.807, 2.05) is 50.1 Å². The Bertz CT molecular complexity index is 2410. The van der Waals surface area contributed by atoms with Gasteiger partial charge in [-0.15, -0.1) is 11.8 Å². The summed E-state index contributed by atoms with van der Waals surface area (Å²) in [6.07, 6.45) is 0.129. The number of aliphatic hydroxyl groups is 1. The summed E-state index contributed by atoms with van der Waals surface area (Å²) in [5.41, 5.74) is 5.79. The van der Waals surface area contributed by atoms with Crippen LogP contribution < -0.4 is 41.3 Å². The van der Waals surface area contributed by atoms with Crippen LogP contribution in [0.5, 0.6) is 34.5 Å². The zero-order valence-electron chi connectivity index (χ0n) is 34.5. The Morgan fingerprint density at radius 1 is 1.05 bits per heavy atom. The van der Waals surface area contributed by atoms with Crippen molar-refractivity contribution in [3.8, 4) is 34.5 Å². The Morgan fingerprint density at radius 3 is 2.49 bits per heavy atom. The van der Waals surface area contributed by atoms with Crippen LogP contribution in [0.25, 0.3) is 10.9 Å². The molecule has 20 heteroatoms. The van der Waals surface area contributed by atoms with Crippen LogP contribution in [0, 0.1) is 13.8 Å². The van der Waals surface area contributed by atoms with Gasteiger partial charge in [0.25, 0.3) is 0 Å². The molecule has 3 aromatic carbocycles. The molecule has 0 aliphatic carbocycles. The van der Waals surface area contributed by atoms with E-state index in [2.05, 4.69) is 15.2 Å². The molecule has 0 unspecified atom stereocenters. The zero-order valence-corrected chi connectivity index (χ0v) is 39.1. The number of aliphatic hydroxyl groups excluding tert-OH is 1. The van der Waals surface area contributed by atoms with Gasteiger partial charge in [-0.2, -0.15) is 0 Å². The number of hydrogen-bond acceptors (Lipinski definition) is 16. The molecule has 8 heterocycles. The maximum atomic E-state index is 14.9. The fraction of sp³-hybridized carbons (Fsp3) is 0.463. The summed E-state index contributed by atoms with van der Waals surface area (Å²) in [7, 11) is 14.9. The number of nitrogens with one attached hydrogen (secondary N) is 2. The van der Waals surface area contributed by atoms with Crippen LogP contribution in [0.2, 0.25) is 0 Å². The Hall–Kier alpha value is -3.48. The summed E-state index contributed by atoms with van der Waals surface area (Å²) in [5, 5.41) is 28.7. The number of nitrogens with zero attached hydrogens (tertiary/aromatic N) is 2. The number of phenolic OH excluding ortho intramolecular Hbond substituents is 1. The molecule has 1 aromatic heterocycles. The molecule has 4 aromatic rings. The number of aryl methyl sites for hydroxylation is 1. The number of ether oxygens (including phenoxy) is 6.